The van der Waals surface area contributed by atoms with E-state index in [1.54, 1.807) is 17.0 Å². The zero-order chi connectivity index (χ0) is 19.7. The van der Waals surface area contributed by atoms with Gasteiger partial charge in [-0.1, -0.05) is 12.1 Å². The Morgan fingerprint density at radius 2 is 2.04 bits per heavy atom. The number of amides is 2. The molecule has 0 spiro atoms. The molecule has 0 saturated carbocycles. The number of carbonyl (C=O) groups is 2. The lowest BCUT2D eigenvalue weighted by Gasteiger charge is -2.36. The van der Waals surface area contributed by atoms with Crippen LogP contribution in [0.5, 0.6) is 0 Å². The average molecular weight is 385 g/mol. The lowest BCUT2D eigenvalue weighted by Crippen LogP contribution is -2.56. The standard InChI is InChI=1S/C20H24FN5O2/c1-14-10-17-13-25(8-9-26(17)23-14)19(27)11-18-20(28)22-6-7-24(18)12-15-2-4-16(21)5-3-15/h2-5,10,18H,6-9,11-13H2,1H3,(H,22,28)/t18-/m0/s1. The quantitative estimate of drug-likeness (QED) is 0.855. The molecule has 0 bridgehead atoms. The van der Waals surface area contributed by atoms with E-state index in [-0.39, 0.29) is 24.1 Å². The fourth-order valence-electron chi connectivity index (χ4n) is 3.91. The van der Waals surface area contributed by atoms with Crippen molar-refractivity contribution in [3.05, 3.63) is 53.1 Å². The van der Waals surface area contributed by atoms with Crippen molar-refractivity contribution in [2.45, 2.75) is 39.0 Å². The van der Waals surface area contributed by atoms with Crippen LogP contribution in [0.3, 0.4) is 0 Å². The van der Waals surface area contributed by atoms with E-state index in [1.165, 1.54) is 12.1 Å². The van der Waals surface area contributed by atoms with Crippen LogP contribution in [0.4, 0.5) is 4.39 Å². The first-order chi connectivity index (χ1) is 13.5. The molecular formula is C20H24FN5O2. The van der Waals surface area contributed by atoms with Gasteiger partial charge in [-0.15, -0.1) is 0 Å². The number of benzene rings is 1. The van der Waals surface area contributed by atoms with Crippen LogP contribution in [0.25, 0.3) is 0 Å². The van der Waals surface area contributed by atoms with Gasteiger partial charge < -0.3 is 10.2 Å². The van der Waals surface area contributed by atoms with Gasteiger partial charge >= 0.3 is 0 Å². The third-order valence-corrected chi connectivity index (χ3v) is 5.38. The van der Waals surface area contributed by atoms with Crippen LogP contribution < -0.4 is 5.32 Å². The van der Waals surface area contributed by atoms with Gasteiger partial charge in [0, 0.05) is 26.2 Å². The highest BCUT2D eigenvalue weighted by Crippen LogP contribution is 2.18. The second-order valence-electron chi connectivity index (χ2n) is 7.42. The van der Waals surface area contributed by atoms with Crippen LogP contribution in [0.1, 0.15) is 23.4 Å². The summed E-state index contributed by atoms with van der Waals surface area (Å²) in [5.74, 6) is -0.442. The first-order valence-electron chi connectivity index (χ1n) is 9.57. The van der Waals surface area contributed by atoms with E-state index in [4.69, 9.17) is 0 Å². The highest BCUT2D eigenvalue weighted by Gasteiger charge is 2.33. The summed E-state index contributed by atoms with van der Waals surface area (Å²) in [7, 11) is 0. The minimum absolute atomic E-state index is 0.0312. The molecule has 148 valence electrons. The summed E-state index contributed by atoms with van der Waals surface area (Å²) >= 11 is 0. The van der Waals surface area contributed by atoms with Gasteiger partial charge in [0.2, 0.25) is 11.8 Å². The molecule has 2 aromatic rings. The number of aromatic nitrogens is 2. The van der Waals surface area contributed by atoms with E-state index < -0.39 is 6.04 Å². The van der Waals surface area contributed by atoms with E-state index in [1.807, 2.05) is 22.6 Å². The molecule has 1 saturated heterocycles. The number of halogens is 1. The zero-order valence-corrected chi connectivity index (χ0v) is 15.9. The number of aryl methyl sites for hydroxylation is 1. The maximum atomic E-state index is 13.2. The summed E-state index contributed by atoms with van der Waals surface area (Å²) in [6, 6.07) is 7.74. The minimum Gasteiger partial charge on any atom is -0.353 e. The molecule has 8 heteroatoms. The Bertz CT molecular complexity index is 879. The van der Waals surface area contributed by atoms with Crippen LogP contribution in [0, 0.1) is 12.7 Å². The Morgan fingerprint density at radius 1 is 1.25 bits per heavy atom. The topological polar surface area (TPSA) is 70.5 Å². The molecule has 7 nitrogen and oxygen atoms in total. The number of hydrogen-bond acceptors (Lipinski definition) is 4. The summed E-state index contributed by atoms with van der Waals surface area (Å²) < 4.78 is 15.1. The Labute approximate surface area is 163 Å². The van der Waals surface area contributed by atoms with Crippen LogP contribution in [0.15, 0.2) is 30.3 Å². The molecule has 0 unspecified atom stereocenters. The van der Waals surface area contributed by atoms with Crippen molar-refractivity contribution in [3.8, 4) is 0 Å². The molecule has 2 aliphatic heterocycles. The van der Waals surface area contributed by atoms with Gasteiger partial charge in [-0.2, -0.15) is 5.10 Å². The first kappa shape index (κ1) is 18.6. The number of fused-ring (bicyclic) bond motifs is 1. The number of nitrogens with zero attached hydrogens (tertiary/aromatic N) is 4. The number of hydrogen-bond donors (Lipinski definition) is 1. The Balaban J connectivity index is 1.43. The van der Waals surface area contributed by atoms with Gasteiger partial charge in [0.05, 0.1) is 36.9 Å². The molecule has 0 radical (unpaired) electrons. The van der Waals surface area contributed by atoms with Gasteiger partial charge in [-0.05, 0) is 30.7 Å². The van der Waals surface area contributed by atoms with E-state index in [0.29, 0.717) is 39.3 Å². The maximum Gasteiger partial charge on any atom is 0.237 e. The first-order valence-corrected chi connectivity index (χ1v) is 9.57. The third-order valence-electron chi connectivity index (χ3n) is 5.38. The van der Waals surface area contributed by atoms with Crippen LogP contribution in [-0.2, 0) is 29.2 Å². The molecule has 3 heterocycles. The summed E-state index contributed by atoms with van der Waals surface area (Å²) in [6.07, 6.45) is 0.139. The summed E-state index contributed by atoms with van der Waals surface area (Å²) in [6.45, 7) is 5.45. The molecule has 28 heavy (non-hydrogen) atoms. The smallest absolute Gasteiger partial charge is 0.237 e. The van der Waals surface area contributed by atoms with Crippen molar-refractivity contribution in [2.75, 3.05) is 19.6 Å². The number of carbonyl (C=O) groups excluding carboxylic acids is 2. The van der Waals surface area contributed by atoms with Crippen molar-refractivity contribution in [3.63, 3.8) is 0 Å². The van der Waals surface area contributed by atoms with Crippen molar-refractivity contribution in [1.82, 2.24) is 24.9 Å². The zero-order valence-electron chi connectivity index (χ0n) is 15.9. The Hall–Kier alpha value is -2.74. The van der Waals surface area contributed by atoms with E-state index in [2.05, 4.69) is 10.4 Å². The highest BCUT2D eigenvalue weighted by atomic mass is 19.1. The maximum absolute atomic E-state index is 13.2. The molecule has 2 amide bonds. The van der Waals surface area contributed by atoms with E-state index in [0.717, 1.165) is 17.0 Å². The lowest BCUT2D eigenvalue weighted by molar-refractivity contribution is -0.140. The van der Waals surface area contributed by atoms with Gasteiger partial charge in [-0.3, -0.25) is 19.2 Å². The number of piperazine rings is 1. The normalized spacial score (nSPS) is 20.0. The predicted octanol–water partition coefficient (Wildman–Crippen LogP) is 1.06. The van der Waals surface area contributed by atoms with Crippen LogP contribution in [-0.4, -0.2) is 57.1 Å². The second-order valence-corrected chi connectivity index (χ2v) is 7.42. The van der Waals surface area contributed by atoms with Crippen molar-refractivity contribution >= 4 is 11.8 Å². The van der Waals surface area contributed by atoms with Gasteiger partial charge in [-0.25, -0.2) is 4.39 Å². The van der Waals surface area contributed by atoms with E-state index >= 15 is 0 Å². The van der Waals surface area contributed by atoms with Crippen molar-refractivity contribution in [1.29, 1.82) is 0 Å². The van der Waals surface area contributed by atoms with Crippen molar-refractivity contribution < 1.29 is 14.0 Å². The Morgan fingerprint density at radius 3 is 2.82 bits per heavy atom. The summed E-state index contributed by atoms with van der Waals surface area (Å²) in [5, 5.41) is 7.28. The largest absolute Gasteiger partial charge is 0.353 e. The van der Waals surface area contributed by atoms with Gasteiger partial charge in [0.15, 0.2) is 0 Å². The number of rotatable bonds is 4. The molecular weight excluding hydrogens is 361 g/mol. The average Bonchev–Trinajstić information content (AvgIpc) is 3.05. The predicted molar refractivity (Wildman–Crippen MR) is 101 cm³/mol. The van der Waals surface area contributed by atoms with Gasteiger partial charge in [0.25, 0.3) is 0 Å². The van der Waals surface area contributed by atoms with Gasteiger partial charge in [0.1, 0.15) is 5.82 Å². The molecule has 1 N–H and O–H groups in total. The molecule has 1 aromatic heterocycles. The summed E-state index contributed by atoms with van der Waals surface area (Å²) in [5.41, 5.74) is 2.89. The Kier molecular flexibility index (Phi) is 5.13. The second kappa shape index (κ2) is 7.71. The van der Waals surface area contributed by atoms with E-state index in [9.17, 15) is 14.0 Å². The highest BCUT2D eigenvalue weighted by molar-refractivity contribution is 5.88. The fourth-order valence-corrected chi connectivity index (χ4v) is 3.91. The van der Waals surface area contributed by atoms with Crippen molar-refractivity contribution in [2.24, 2.45) is 0 Å². The minimum atomic E-state index is -0.514. The lowest BCUT2D eigenvalue weighted by atomic mass is 10.1. The third kappa shape index (κ3) is 3.91. The molecule has 1 atom stereocenters. The van der Waals surface area contributed by atoms with Crippen LogP contribution in [0.2, 0.25) is 0 Å². The molecule has 0 aliphatic carbocycles. The summed E-state index contributed by atoms with van der Waals surface area (Å²) in [4.78, 5) is 29.2. The van der Waals surface area contributed by atoms with Crippen LogP contribution >= 0.6 is 0 Å². The molecule has 1 aromatic carbocycles. The molecule has 4 rings (SSSR count). The monoisotopic (exact) mass is 385 g/mol. The molecule has 1 fully saturated rings. The number of nitrogens with one attached hydrogen (secondary N) is 1. The fraction of sp³-hybridized carbons (Fsp3) is 0.450. The molecule has 2 aliphatic rings. The SMILES string of the molecule is Cc1cc2n(n1)CCN(C(=O)C[C@H]1C(=O)NCCN1Cc1ccc(F)cc1)C2.